The van der Waals surface area contributed by atoms with Crippen molar-refractivity contribution in [1.29, 1.82) is 0 Å². The van der Waals surface area contributed by atoms with Crippen LogP contribution in [0.2, 0.25) is 5.02 Å². The number of esters is 1. The predicted octanol–water partition coefficient (Wildman–Crippen LogP) is 3.59. The summed E-state index contributed by atoms with van der Waals surface area (Å²) in [5.74, 6) is -0.474. The summed E-state index contributed by atoms with van der Waals surface area (Å²) in [6.07, 6.45) is 0. The third-order valence-electron chi connectivity index (χ3n) is 2.74. The van der Waals surface area contributed by atoms with Crippen molar-refractivity contribution in [3.05, 3.63) is 64.2 Å². The topological polar surface area (TPSA) is 52.3 Å². The summed E-state index contributed by atoms with van der Waals surface area (Å²) in [6, 6.07) is 12.7. The Balaban J connectivity index is 2.05. The van der Waals surface area contributed by atoms with E-state index in [0.29, 0.717) is 5.69 Å². The molecule has 0 saturated carbocycles. The maximum absolute atomic E-state index is 11.9. The fourth-order valence-corrected chi connectivity index (χ4v) is 1.82. The number of nitrogen functional groups attached to an aromatic ring is 1. The molecule has 0 aliphatic heterocycles. The lowest BCUT2D eigenvalue weighted by Gasteiger charge is -2.07. The molecule has 0 heterocycles. The number of halogens is 1. The summed E-state index contributed by atoms with van der Waals surface area (Å²) in [5.41, 5.74) is 8.39. The second kappa shape index (κ2) is 5.76. The zero-order chi connectivity index (χ0) is 13.8. The Morgan fingerprint density at radius 2 is 1.89 bits per heavy atom. The molecule has 19 heavy (non-hydrogen) atoms. The average molecular weight is 276 g/mol. The second-order valence-electron chi connectivity index (χ2n) is 4.27. The van der Waals surface area contributed by atoms with Gasteiger partial charge in [0, 0.05) is 0 Å². The molecule has 0 aromatic heterocycles. The summed E-state index contributed by atoms with van der Waals surface area (Å²) in [7, 11) is 0. The zero-order valence-corrected chi connectivity index (χ0v) is 11.3. The number of aryl methyl sites for hydroxylation is 1. The molecule has 0 fully saturated rings. The fourth-order valence-electron chi connectivity index (χ4n) is 1.62. The Bertz CT molecular complexity index is 594. The summed E-state index contributed by atoms with van der Waals surface area (Å²) in [4.78, 5) is 11.9. The van der Waals surface area contributed by atoms with E-state index in [0.717, 1.165) is 11.1 Å². The molecule has 0 unspecified atom stereocenters. The third-order valence-corrected chi connectivity index (χ3v) is 3.16. The minimum Gasteiger partial charge on any atom is -0.457 e. The Hall–Kier alpha value is -2.00. The lowest BCUT2D eigenvalue weighted by Crippen LogP contribution is -2.07. The number of ether oxygens (including phenoxy) is 1. The van der Waals surface area contributed by atoms with Crippen LogP contribution in [0.4, 0.5) is 5.69 Å². The quantitative estimate of drug-likeness (QED) is 0.688. The maximum Gasteiger partial charge on any atom is 0.340 e. The van der Waals surface area contributed by atoms with Crippen molar-refractivity contribution in [2.24, 2.45) is 0 Å². The van der Waals surface area contributed by atoms with Gasteiger partial charge < -0.3 is 10.5 Å². The molecule has 2 N–H and O–H groups in total. The van der Waals surface area contributed by atoms with Crippen LogP contribution < -0.4 is 5.73 Å². The molecule has 3 nitrogen and oxygen atoms in total. The highest BCUT2D eigenvalue weighted by Gasteiger charge is 2.13. The normalized spacial score (nSPS) is 10.2. The van der Waals surface area contributed by atoms with Gasteiger partial charge in [0.1, 0.15) is 6.61 Å². The molecule has 2 rings (SSSR count). The minimum atomic E-state index is -0.474. The third kappa shape index (κ3) is 3.26. The van der Waals surface area contributed by atoms with Gasteiger partial charge >= 0.3 is 5.97 Å². The number of benzene rings is 2. The highest BCUT2D eigenvalue weighted by atomic mass is 35.5. The fraction of sp³-hybridized carbons (Fsp3) is 0.133. The van der Waals surface area contributed by atoms with Crippen LogP contribution in [0.15, 0.2) is 42.5 Å². The van der Waals surface area contributed by atoms with E-state index in [-0.39, 0.29) is 17.2 Å². The van der Waals surface area contributed by atoms with Crippen molar-refractivity contribution in [3.8, 4) is 0 Å². The van der Waals surface area contributed by atoms with E-state index in [1.807, 2.05) is 31.2 Å². The van der Waals surface area contributed by atoms with E-state index >= 15 is 0 Å². The molecule has 98 valence electrons. The molecule has 2 aromatic carbocycles. The first kappa shape index (κ1) is 13.4. The van der Waals surface area contributed by atoms with Crippen molar-refractivity contribution in [2.45, 2.75) is 13.5 Å². The zero-order valence-electron chi connectivity index (χ0n) is 10.5. The van der Waals surface area contributed by atoms with Crippen LogP contribution in [0.25, 0.3) is 0 Å². The van der Waals surface area contributed by atoms with Crippen LogP contribution in [-0.4, -0.2) is 5.97 Å². The molecule has 0 saturated heterocycles. The van der Waals surface area contributed by atoms with E-state index < -0.39 is 5.97 Å². The number of anilines is 1. The van der Waals surface area contributed by atoms with Gasteiger partial charge in [-0.3, -0.25) is 0 Å². The van der Waals surface area contributed by atoms with Gasteiger partial charge in [-0.1, -0.05) is 47.5 Å². The number of carbonyl (C=O) groups excluding carboxylic acids is 1. The molecular formula is C15H14ClNO2. The summed E-state index contributed by atoms with van der Waals surface area (Å²) >= 11 is 5.96. The van der Waals surface area contributed by atoms with Crippen LogP contribution in [0.1, 0.15) is 21.5 Å². The second-order valence-corrected chi connectivity index (χ2v) is 4.65. The van der Waals surface area contributed by atoms with Crippen LogP contribution in [0.3, 0.4) is 0 Å². The maximum atomic E-state index is 11.9. The molecule has 0 atom stereocenters. The molecule has 0 spiro atoms. The van der Waals surface area contributed by atoms with Gasteiger partial charge in [-0.25, -0.2) is 4.79 Å². The molecule has 0 radical (unpaired) electrons. The summed E-state index contributed by atoms with van der Waals surface area (Å²) in [6.45, 7) is 2.21. The molecule has 2 aromatic rings. The largest absolute Gasteiger partial charge is 0.457 e. The average Bonchev–Trinajstić information content (AvgIpc) is 2.41. The Labute approximate surface area is 117 Å². The summed E-state index contributed by atoms with van der Waals surface area (Å²) < 4.78 is 5.21. The molecule has 4 heteroatoms. The molecule has 0 amide bonds. The molecule has 0 bridgehead atoms. The number of hydrogen-bond donors (Lipinski definition) is 1. The molecule has 0 aliphatic carbocycles. The highest BCUT2D eigenvalue weighted by molar-refractivity contribution is 6.36. The number of rotatable bonds is 3. The monoisotopic (exact) mass is 275 g/mol. The van der Waals surface area contributed by atoms with Crippen molar-refractivity contribution >= 4 is 23.3 Å². The first-order valence-corrected chi connectivity index (χ1v) is 6.22. The van der Waals surface area contributed by atoms with Crippen molar-refractivity contribution < 1.29 is 9.53 Å². The standard InChI is InChI=1S/C15H14ClNO2/c1-10-5-7-11(8-6-10)9-19-15(18)12-3-2-4-13(17)14(12)16/h2-8H,9,17H2,1H3. The van der Waals surface area contributed by atoms with Gasteiger partial charge in [0.25, 0.3) is 0 Å². The van der Waals surface area contributed by atoms with Gasteiger partial charge in [-0.2, -0.15) is 0 Å². The Morgan fingerprint density at radius 1 is 1.21 bits per heavy atom. The van der Waals surface area contributed by atoms with Crippen LogP contribution in [0, 0.1) is 6.92 Å². The van der Waals surface area contributed by atoms with Crippen molar-refractivity contribution in [3.63, 3.8) is 0 Å². The molecular weight excluding hydrogens is 262 g/mol. The van der Waals surface area contributed by atoms with Gasteiger partial charge in [0.2, 0.25) is 0 Å². The van der Waals surface area contributed by atoms with Crippen molar-refractivity contribution in [2.75, 3.05) is 5.73 Å². The minimum absolute atomic E-state index is 0.213. The first-order chi connectivity index (χ1) is 9.08. The predicted molar refractivity (Wildman–Crippen MR) is 76.2 cm³/mol. The van der Waals surface area contributed by atoms with E-state index in [9.17, 15) is 4.79 Å². The van der Waals surface area contributed by atoms with E-state index in [1.54, 1.807) is 18.2 Å². The number of carbonyl (C=O) groups is 1. The van der Waals surface area contributed by atoms with Gasteiger partial charge in [0.15, 0.2) is 0 Å². The van der Waals surface area contributed by atoms with E-state index in [1.165, 1.54) is 0 Å². The Morgan fingerprint density at radius 3 is 2.58 bits per heavy atom. The van der Waals surface area contributed by atoms with Crippen LogP contribution in [-0.2, 0) is 11.3 Å². The highest BCUT2D eigenvalue weighted by Crippen LogP contribution is 2.23. The lowest BCUT2D eigenvalue weighted by molar-refractivity contribution is 0.0473. The number of nitrogens with two attached hydrogens (primary N) is 1. The Kier molecular flexibility index (Phi) is 4.07. The van der Waals surface area contributed by atoms with Gasteiger partial charge in [-0.05, 0) is 24.6 Å². The van der Waals surface area contributed by atoms with Crippen molar-refractivity contribution in [1.82, 2.24) is 0 Å². The lowest BCUT2D eigenvalue weighted by atomic mass is 10.1. The van der Waals surface area contributed by atoms with Gasteiger partial charge in [0.05, 0.1) is 16.3 Å². The number of hydrogen-bond acceptors (Lipinski definition) is 3. The van der Waals surface area contributed by atoms with E-state index in [2.05, 4.69) is 0 Å². The van der Waals surface area contributed by atoms with Gasteiger partial charge in [-0.15, -0.1) is 0 Å². The smallest absolute Gasteiger partial charge is 0.340 e. The molecule has 0 aliphatic rings. The van der Waals surface area contributed by atoms with E-state index in [4.69, 9.17) is 22.1 Å². The van der Waals surface area contributed by atoms with Crippen LogP contribution in [0.5, 0.6) is 0 Å². The summed E-state index contributed by atoms with van der Waals surface area (Å²) in [5, 5.41) is 0.233. The first-order valence-electron chi connectivity index (χ1n) is 5.84. The van der Waals surface area contributed by atoms with Crippen LogP contribution >= 0.6 is 11.6 Å². The SMILES string of the molecule is Cc1ccc(COC(=O)c2cccc(N)c2Cl)cc1.